The van der Waals surface area contributed by atoms with Crippen LogP contribution in [0.25, 0.3) is 10.2 Å². The predicted octanol–water partition coefficient (Wildman–Crippen LogP) is 2.50. The number of para-hydroxylation sites is 1. The molecule has 0 saturated carbocycles. The molecule has 1 aliphatic rings. The average Bonchev–Trinajstić information content (AvgIpc) is 3.13. The van der Waals surface area contributed by atoms with Crippen LogP contribution in [0.3, 0.4) is 0 Å². The summed E-state index contributed by atoms with van der Waals surface area (Å²) in [6.07, 6.45) is 2.58. The van der Waals surface area contributed by atoms with E-state index >= 15 is 0 Å². The van der Waals surface area contributed by atoms with E-state index in [0.29, 0.717) is 6.04 Å². The zero-order chi connectivity index (χ0) is 14.5. The fourth-order valence-corrected chi connectivity index (χ4v) is 3.87. The van der Waals surface area contributed by atoms with Crippen molar-refractivity contribution in [3.8, 4) is 0 Å². The van der Waals surface area contributed by atoms with Gasteiger partial charge in [-0.2, -0.15) is 0 Å². The summed E-state index contributed by atoms with van der Waals surface area (Å²) in [5.41, 5.74) is 1.11. The maximum Gasteiger partial charge on any atom is 0.108 e. The van der Waals surface area contributed by atoms with Gasteiger partial charge in [-0.25, -0.2) is 4.98 Å². The molecule has 0 spiro atoms. The molecule has 1 aliphatic heterocycles. The van der Waals surface area contributed by atoms with Gasteiger partial charge < -0.3 is 10.1 Å². The summed E-state index contributed by atoms with van der Waals surface area (Å²) in [6.45, 7) is 4.90. The highest BCUT2D eigenvalue weighted by molar-refractivity contribution is 7.18. The molecule has 0 radical (unpaired) electrons. The van der Waals surface area contributed by atoms with Crippen molar-refractivity contribution >= 4 is 21.6 Å². The molecule has 5 heteroatoms. The van der Waals surface area contributed by atoms with Crippen LogP contribution in [0.5, 0.6) is 0 Å². The molecule has 0 bridgehead atoms. The Labute approximate surface area is 130 Å². The Hall–Kier alpha value is -1.01. The van der Waals surface area contributed by atoms with Crippen molar-refractivity contribution in [2.45, 2.75) is 25.4 Å². The Morgan fingerprint density at radius 1 is 1.43 bits per heavy atom. The largest absolute Gasteiger partial charge is 0.383 e. The quantitative estimate of drug-likeness (QED) is 0.853. The normalized spacial score (nSPS) is 18.9. The van der Waals surface area contributed by atoms with Crippen LogP contribution in [0.1, 0.15) is 17.8 Å². The molecule has 2 heterocycles. The number of hydrogen-bond donors (Lipinski definition) is 1. The molecular formula is C16H23N3OS. The molecular weight excluding hydrogens is 282 g/mol. The van der Waals surface area contributed by atoms with Crippen LogP contribution < -0.4 is 5.32 Å². The number of rotatable bonds is 7. The third kappa shape index (κ3) is 4.01. The lowest BCUT2D eigenvalue weighted by Gasteiger charge is -2.24. The standard InChI is InChI=1S/C16H23N3OS/c1-20-10-9-19(11-13-5-4-8-17-13)12-16-18-14-6-2-3-7-15(14)21-16/h2-3,6-7,13,17H,4-5,8-12H2,1H3. The Morgan fingerprint density at radius 2 is 2.33 bits per heavy atom. The number of nitrogens with zero attached hydrogens (tertiary/aromatic N) is 2. The van der Waals surface area contributed by atoms with Gasteiger partial charge in [0.15, 0.2) is 0 Å². The molecule has 1 fully saturated rings. The van der Waals surface area contributed by atoms with E-state index in [0.717, 1.165) is 38.3 Å². The third-order valence-corrected chi connectivity index (χ3v) is 4.97. The first-order chi connectivity index (χ1) is 10.3. The zero-order valence-electron chi connectivity index (χ0n) is 12.5. The lowest BCUT2D eigenvalue weighted by atomic mass is 10.2. The lowest BCUT2D eigenvalue weighted by Crippen LogP contribution is -2.38. The number of ether oxygens (including phenoxy) is 1. The van der Waals surface area contributed by atoms with E-state index in [9.17, 15) is 0 Å². The molecule has 1 unspecified atom stereocenters. The van der Waals surface area contributed by atoms with Gasteiger partial charge in [-0.05, 0) is 31.5 Å². The van der Waals surface area contributed by atoms with Crippen molar-refractivity contribution in [2.75, 3.05) is 33.4 Å². The molecule has 4 nitrogen and oxygen atoms in total. The predicted molar refractivity (Wildman–Crippen MR) is 87.8 cm³/mol. The van der Waals surface area contributed by atoms with Crippen molar-refractivity contribution in [3.63, 3.8) is 0 Å². The molecule has 21 heavy (non-hydrogen) atoms. The van der Waals surface area contributed by atoms with Gasteiger partial charge in [0.25, 0.3) is 0 Å². The molecule has 0 aliphatic carbocycles. The summed E-state index contributed by atoms with van der Waals surface area (Å²) < 4.78 is 6.53. The van der Waals surface area contributed by atoms with Gasteiger partial charge in [0.1, 0.15) is 5.01 Å². The SMILES string of the molecule is COCCN(Cc1nc2ccccc2s1)CC1CCCN1. The summed E-state index contributed by atoms with van der Waals surface area (Å²) in [5, 5.41) is 4.78. The minimum Gasteiger partial charge on any atom is -0.383 e. The number of methoxy groups -OCH3 is 1. The maximum atomic E-state index is 5.25. The van der Waals surface area contributed by atoms with Crippen LogP contribution in [0.15, 0.2) is 24.3 Å². The van der Waals surface area contributed by atoms with Gasteiger partial charge in [-0.3, -0.25) is 4.90 Å². The van der Waals surface area contributed by atoms with Crippen LogP contribution in [-0.4, -0.2) is 49.3 Å². The Kier molecular flexibility index (Phi) is 5.19. The van der Waals surface area contributed by atoms with Crippen LogP contribution in [0.2, 0.25) is 0 Å². The fraction of sp³-hybridized carbons (Fsp3) is 0.562. The summed E-state index contributed by atoms with van der Waals surface area (Å²) in [4.78, 5) is 7.21. The number of aromatic nitrogens is 1. The Morgan fingerprint density at radius 3 is 3.10 bits per heavy atom. The topological polar surface area (TPSA) is 37.4 Å². The number of hydrogen-bond acceptors (Lipinski definition) is 5. The minimum absolute atomic E-state index is 0.622. The molecule has 114 valence electrons. The van der Waals surface area contributed by atoms with Crippen LogP contribution in [0, 0.1) is 0 Å². The molecule has 2 aromatic rings. The van der Waals surface area contributed by atoms with Crippen LogP contribution in [-0.2, 0) is 11.3 Å². The highest BCUT2D eigenvalue weighted by Gasteiger charge is 2.18. The van der Waals surface area contributed by atoms with Crippen molar-refractivity contribution in [1.82, 2.24) is 15.2 Å². The van der Waals surface area contributed by atoms with Gasteiger partial charge in [-0.1, -0.05) is 12.1 Å². The molecule has 0 amide bonds. The van der Waals surface area contributed by atoms with E-state index in [1.807, 2.05) is 0 Å². The second-order valence-corrected chi connectivity index (χ2v) is 6.71. The molecule has 1 N–H and O–H groups in total. The molecule has 1 aromatic heterocycles. The minimum atomic E-state index is 0.622. The Bertz CT molecular complexity index is 532. The summed E-state index contributed by atoms with van der Waals surface area (Å²) in [5.74, 6) is 0. The first-order valence-electron chi connectivity index (χ1n) is 7.64. The highest BCUT2D eigenvalue weighted by atomic mass is 32.1. The van der Waals surface area contributed by atoms with Gasteiger partial charge in [0.05, 0.1) is 23.4 Å². The third-order valence-electron chi connectivity index (χ3n) is 3.95. The van der Waals surface area contributed by atoms with E-state index in [2.05, 4.69) is 34.5 Å². The number of thiazole rings is 1. The van der Waals surface area contributed by atoms with Gasteiger partial charge >= 0.3 is 0 Å². The van der Waals surface area contributed by atoms with E-state index in [1.54, 1.807) is 18.4 Å². The van der Waals surface area contributed by atoms with E-state index in [1.165, 1.54) is 22.5 Å². The summed E-state index contributed by atoms with van der Waals surface area (Å²) in [6, 6.07) is 8.99. The van der Waals surface area contributed by atoms with Gasteiger partial charge in [0.2, 0.25) is 0 Å². The van der Waals surface area contributed by atoms with Crippen molar-refractivity contribution in [2.24, 2.45) is 0 Å². The lowest BCUT2D eigenvalue weighted by molar-refractivity contribution is 0.138. The van der Waals surface area contributed by atoms with E-state index in [4.69, 9.17) is 9.72 Å². The molecule has 1 atom stereocenters. The summed E-state index contributed by atoms with van der Waals surface area (Å²) in [7, 11) is 1.77. The first-order valence-corrected chi connectivity index (χ1v) is 8.46. The second-order valence-electron chi connectivity index (χ2n) is 5.60. The number of fused-ring (bicyclic) bond motifs is 1. The zero-order valence-corrected chi connectivity index (χ0v) is 13.4. The molecule has 1 saturated heterocycles. The number of nitrogens with one attached hydrogen (secondary N) is 1. The van der Waals surface area contributed by atoms with Crippen LogP contribution in [0.4, 0.5) is 0 Å². The average molecular weight is 305 g/mol. The fourth-order valence-electron chi connectivity index (χ4n) is 2.86. The first kappa shape index (κ1) is 14.9. The van der Waals surface area contributed by atoms with Gasteiger partial charge in [0, 0.05) is 26.2 Å². The smallest absolute Gasteiger partial charge is 0.108 e. The van der Waals surface area contributed by atoms with Crippen molar-refractivity contribution in [1.29, 1.82) is 0 Å². The molecule has 1 aromatic carbocycles. The second kappa shape index (κ2) is 7.31. The van der Waals surface area contributed by atoms with Crippen LogP contribution >= 0.6 is 11.3 Å². The van der Waals surface area contributed by atoms with E-state index < -0.39 is 0 Å². The summed E-state index contributed by atoms with van der Waals surface area (Å²) >= 11 is 1.80. The van der Waals surface area contributed by atoms with Crippen molar-refractivity contribution in [3.05, 3.63) is 29.3 Å². The maximum absolute atomic E-state index is 5.25. The molecule has 3 rings (SSSR count). The Balaban J connectivity index is 1.66. The van der Waals surface area contributed by atoms with Gasteiger partial charge in [-0.15, -0.1) is 11.3 Å². The van der Waals surface area contributed by atoms with E-state index in [-0.39, 0.29) is 0 Å². The number of benzene rings is 1. The monoisotopic (exact) mass is 305 g/mol. The van der Waals surface area contributed by atoms with Crippen molar-refractivity contribution < 1.29 is 4.74 Å². The highest BCUT2D eigenvalue weighted by Crippen LogP contribution is 2.23.